The molecule has 5 nitrogen and oxygen atoms in total. The van der Waals surface area contributed by atoms with Crippen LogP contribution in [0.15, 0.2) is 29.2 Å². The third-order valence-corrected chi connectivity index (χ3v) is 5.31. The Labute approximate surface area is 120 Å². The first-order chi connectivity index (χ1) is 9.39. The number of hydrogen-bond acceptors (Lipinski definition) is 3. The van der Waals surface area contributed by atoms with Crippen molar-refractivity contribution in [2.75, 3.05) is 18.4 Å². The second-order valence-corrected chi connectivity index (χ2v) is 7.25. The molecule has 0 unspecified atom stereocenters. The fourth-order valence-corrected chi connectivity index (χ4v) is 4.03. The summed E-state index contributed by atoms with van der Waals surface area (Å²) < 4.78 is 26.6. The van der Waals surface area contributed by atoms with Crippen molar-refractivity contribution in [1.82, 2.24) is 4.31 Å². The molecule has 1 N–H and O–H groups in total. The zero-order chi connectivity index (χ0) is 14.8. The van der Waals surface area contributed by atoms with E-state index in [-0.39, 0.29) is 10.8 Å². The second kappa shape index (κ2) is 5.93. The normalized spacial score (nSPS) is 20.6. The number of nitrogens with zero attached hydrogens (tertiary/aromatic N) is 1. The lowest BCUT2D eigenvalue weighted by Crippen LogP contribution is -2.39. The fraction of sp³-hybridized carbons (Fsp3) is 0.500. The molecule has 2 rings (SSSR count). The summed E-state index contributed by atoms with van der Waals surface area (Å²) in [5, 5.41) is 2.62. The standard InChI is InChI=1S/C14H20N2O3S/c1-11-4-3-9-16(10-11)20(18,19)14-7-5-13(6-8-14)15-12(2)17/h5-8,11H,3-4,9-10H2,1-2H3,(H,15,17)/t11-/m0/s1. The van der Waals surface area contributed by atoms with Crippen molar-refractivity contribution in [2.45, 2.75) is 31.6 Å². The number of anilines is 1. The number of amides is 1. The lowest BCUT2D eigenvalue weighted by atomic mass is 10.0. The summed E-state index contributed by atoms with van der Waals surface area (Å²) in [4.78, 5) is 11.2. The molecule has 110 valence electrons. The molecule has 0 spiro atoms. The maximum atomic E-state index is 12.5. The second-order valence-electron chi connectivity index (χ2n) is 5.32. The van der Waals surface area contributed by atoms with Crippen molar-refractivity contribution in [3.05, 3.63) is 24.3 Å². The van der Waals surface area contributed by atoms with Gasteiger partial charge in [-0.2, -0.15) is 4.31 Å². The maximum Gasteiger partial charge on any atom is 0.243 e. The summed E-state index contributed by atoms with van der Waals surface area (Å²) in [5.74, 6) is 0.225. The van der Waals surface area contributed by atoms with E-state index in [0.717, 1.165) is 12.8 Å². The molecule has 0 radical (unpaired) electrons. The summed E-state index contributed by atoms with van der Waals surface area (Å²) in [5.41, 5.74) is 0.600. The molecule has 6 heteroatoms. The van der Waals surface area contributed by atoms with Gasteiger partial charge < -0.3 is 5.32 Å². The van der Waals surface area contributed by atoms with Crippen LogP contribution in [0.1, 0.15) is 26.7 Å². The molecular weight excluding hydrogens is 276 g/mol. The third kappa shape index (κ3) is 3.37. The molecule has 1 aliphatic heterocycles. The Morgan fingerprint density at radius 3 is 2.50 bits per heavy atom. The summed E-state index contributed by atoms with van der Waals surface area (Å²) >= 11 is 0. The number of benzene rings is 1. The molecule has 1 fully saturated rings. The number of carbonyl (C=O) groups is 1. The van der Waals surface area contributed by atoms with Crippen molar-refractivity contribution < 1.29 is 13.2 Å². The minimum Gasteiger partial charge on any atom is -0.326 e. The van der Waals surface area contributed by atoms with Gasteiger partial charge in [-0.3, -0.25) is 4.79 Å². The van der Waals surface area contributed by atoms with Crippen LogP contribution in [0.2, 0.25) is 0 Å². The van der Waals surface area contributed by atoms with Crippen LogP contribution in [0.25, 0.3) is 0 Å². The number of hydrogen-bond donors (Lipinski definition) is 1. The lowest BCUT2D eigenvalue weighted by Gasteiger charge is -2.30. The minimum atomic E-state index is -3.42. The van der Waals surface area contributed by atoms with Gasteiger partial charge in [-0.15, -0.1) is 0 Å². The number of nitrogens with one attached hydrogen (secondary N) is 1. The van der Waals surface area contributed by atoms with Gasteiger partial charge in [-0.1, -0.05) is 6.92 Å². The predicted octanol–water partition coefficient (Wildman–Crippen LogP) is 2.07. The molecule has 1 atom stereocenters. The van der Waals surface area contributed by atoms with Crippen LogP contribution in [0, 0.1) is 5.92 Å². The zero-order valence-corrected chi connectivity index (χ0v) is 12.6. The van der Waals surface area contributed by atoms with Crippen LogP contribution in [-0.4, -0.2) is 31.7 Å². The molecule has 20 heavy (non-hydrogen) atoms. The average Bonchev–Trinajstić information content (AvgIpc) is 2.38. The van der Waals surface area contributed by atoms with Crippen molar-refractivity contribution in [2.24, 2.45) is 5.92 Å². The molecule has 1 heterocycles. The van der Waals surface area contributed by atoms with E-state index in [0.29, 0.717) is 24.7 Å². The van der Waals surface area contributed by atoms with Gasteiger partial charge in [0.15, 0.2) is 0 Å². The molecule has 0 saturated carbocycles. The van der Waals surface area contributed by atoms with Gasteiger partial charge in [-0.25, -0.2) is 8.42 Å². The highest BCUT2D eigenvalue weighted by Gasteiger charge is 2.28. The van der Waals surface area contributed by atoms with Gasteiger partial charge in [0.25, 0.3) is 0 Å². The van der Waals surface area contributed by atoms with E-state index >= 15 is 0 Å². The van der Waals surface area contributed by atoms with Crippen LogP contribution in [0.4, 0.5) is 5.69 Å². The SMILES string of the molecule is CC(=O)Nc1ccc(S(=O)(=O)N2CCC[C@H](C)C2)cc1. The monoisotopic (exact) mass is 296 g/mol. The highest BCUT2D eigenvalue weighted by Crippen LogP contribution is 2.24. The smallest absolute Gasteiger partial charge is 0.243 e. The van der Waals surface area contributed by atoms with Gasteiger partial charge in [0.2, 0.25) is 15.9 Å². The molecule has 0 aliphatic carbocycles. The maximum absolute atomic E-state index is 12.5. The zero-order valence-electron chi connectivity index (χ0n) is 11.8. The van der Waals surface area contributed by atoms with Gasteiger partial charge in [0, 0.05) is 25.7 Å². The van der Waals surface area contributed by atoms with Gasteiger partial charge in [-0.05, 0) is 43.0 Å². The van der Waals surface area contributed by atoms with Gasteiger partial charge in [0.1, 0.15) is 0 Å². The van der Waals surface area contributed by atoms with E-state index < -0.39 is 10.0 Å². The van der Waals surface area contributed by atoms with E-state index in [1.165, 1.54) is 6.92 Å². The van der Waals surface area contributed by atoms with Gasteiger partial charge in [0.05, 0.1) is 4.90 Å². The first kappa shape index (κ1) is 15.0. The van der Waals surface area contributed by atoms with Crippen LogP contribution >= 0.6 is 0 Å². The third-order valence-electron chi connectivity index (χ3n) is 3.43. The van der Waals surface area contributed by atoms with Crippen LogP contribution in [0.5, 0.6) is 0 Å². The largest absolute Gasteiger partial charge is 0.326 e. The number of piperidine rings is 1. The summed E-state index contributed by atoms with van der Waals surface area (Å²) in [6, 6.07) is 6.31. The van der Waals surface area contributed by atoms with E-state index in [4.69, 9.17) is 0 Å². The lowest BCUT2D eigenvalue weighted by molar-refractivity contribution is -0.114. The minimum absolute atomic E-state index is 0.175. The average molecular weight is 296 g/mol. The fourth-order valence-electron chi connectivity index (χ4n) is 2.43. The first-order valence-corrected chi connectivity index (χ1v) is 8.21. The first-order valence-electron chi connectivity index (χ1n) is 6.77. The molecular formula is C14H20N2O3S. The summed E-state index contributed by atoms with van der Waals surface area (Å²) in [7, 11) is -3.42. The van der Waals surface area contributed by atoms with E-state index in [1.54, 1.807) is 28.6 Å². The van der Waals surface area contributed by atoms with Crippen molar-refractivity contribution >= 4 is 21.6 Å². The van der Waals surface area contributed by atoms with Crippen LogP contribution in [-0.2, 0) is 14.8 Å². The Hall–Kier alpha value is -1.40. The number of rotatable bonds is 3. The Kier molecular flexibility index (Phi) is 4.45. The molecule has 1 aliphatic rings. The van der Waals surface area contributed by atoms with Crippen LogP contribution in [0.3, 0.4) is 0 Å². The van der Waals surface area contributed by atoms with E-state index in [1.807, 2.05) is 0 Å². The Bertz CT molecular complexity index is 581. The number of carbonyl (C=O) groups excluding carboxylic acids is 1. The Morgan fingerprint density at radius 2 is 1.95 bits per heavy atom. The molecule has 1 aromatic rings. The van der Waals surface area contributed by atoms with Gasteiger partial charge >= 0.3 is 0 Å². The van der Waals surface area contributed by atoms with Crippen molar-refractivity contribution in [3.8, 4) is 0 Å². The van der Waals surface area contributed by atoms with E-state index in [9.17, 15) is 13.2 Å². The predicted molar refractivity (Wildman–Crippen MR) is 77.9 cm³/mol. The molecule has 1 aromatic carbocycles. The summed E-state index contributed by atoms with van der Waals surface area (Å²) in [6.45, 7) is 4.65. The highest BCUT2D eigenvalue weighted by molar-refractivity contribution is 7.89. The topological polar surface area (TPSA) is 66.5 Å². The molecule has 0 aromatic heterocycles. The molecule has 1 amide bonds. The van der Waals surface area contributed by atoms with Crippen molar-refractivity contribution in [1.29, 1.82) is 0 Å². The van der Waals surface area contributed by atoms with Crippen molar-refractivity contribution in [3.63, 3.8) is 0 Å². The Morgan fingerprint density at radius 1 is 1.30 bits per heavy atom. The number of sulfonamides is 1. The quantitative estimate of drug-likeness (QED) is 0.928. The van der Waals surface area contributed by atoms with Crippen LogP contribution < -0.4 is 5.32 Å². The Balaban J connectivity index is 2.19. The molecule has 0 bridgehead atoms. The summed E-state index contributed by atoms with van der Waals surface area (Å²) in [6.07, 6.45) is 1.98. The molecule has 1 saturated heterocycles. The highest BCUT2D eigenvalue weighted by atomic mass is 32.2. The van der Waals surface area contributed by atoms with E-state index in [2.05, 4.69) is 12.2 Å².